The summed E-state index contributed by atoms with van der Waals surface area (Å²) in [6.45, 7) is 0. The van der Waals surface area contributed by atoms with Crippen molar-refractivity contribution in [2.45, 2.75) is 9.96 Å². The minimum atomic E-state index is -1.95. The molecule has 1 amide bonds. The number of carbonyl (C=O) groups excluding carboxylic acids is 1. The maximum Gasteiger partial charge on any atom is 0.271 e. The van der Waals surface area contributed by atoms with Crippen molar-refractivity contribution in [3.05, 3.63) is 82.4 Å². The van der Waals surface area contributed by atoms with Crippen LogP contribution < -0.4 is 16.0 Å². The second kappa shape index (κ2) is 9.65. The lowest BCUT2D eigenvalue weighted by Crippen LogP contribution is -2.56. The molecule has 0 radical (unpaired) electrons. The molecule has 0 unspecified atom stereocenters. The van der Waals surface area contributed by atoms with E-state index in [1.54, 1.807) is 18.2 Å². The van der Waals surface area contributed by atoms with Gasteiger partial charge in [0.05, 0.1) is 4.92 Å². The minimum Gasteiger partial charge on any atom is -0.339 e. The normalized spacial score (nSPS) is 12.1. The number of rotatable bonds is 5. The van der Waals surface area contributed by atoms with Gasteiger partial charge in [-0.1, -0.05) is 77.3 Å². The molecule has 3 aromatic rings. The zero-order chi connectivity index (χ0) is 22.6. The van der Waals surface area contributed by atoms with Gasteiger partial charge in [-0.2, -0.15) is 0 Å². The molecular formula is C20H15Cl3N4O3S. The third-order valence-corrected chi connectivity index (χ3v) is 5.10. The van der Waals surface area contributed by atoms with Crippen molar-refractivity contribution in [2.24, 2.45) is 0 Å². The summed E-state index contributed by atoms with van der Waals surface area (Å²) in [5, 5.41) is 20.7. The van der Waals surface area contributed by atoms with Gasteiger partial charge in [0.15, 0.2) is 5.11 Å². The topological polar surface area (TPSA) is 96.3 Å². The molecule has 1 atom stereocenters. The maximum absolute atomic E-state index is 12.9. The molecule has 3 aromatic carbocycles. The Labute approximate surface area is 197 Å². The lowest BCUT2D eigenvalue weighted by atomic mass is 10.0. The number of fused-ring (bicyclic) bond motifs is 1. The predicted octanol–water partition coefficient (Wildman–Crippen LogP) is 5.16. The van der Waals surface area contributed by atoms with Crippen LogP contribution in [0.1, 0.15) is 10.4 Å². The summed E-state index contributed by atoms with van der Waals surface area (Å²) in [4.78, 5) is 23.3. The highest BCUT2D eigenvalue weighted by molar-refractivity contribution is 7.80. The molecule has 0 saturated carbocycles. The van der Waals surface area contributed by atoms with Gasteiger partial charge in [-0.3, -0.25) is 14.9 Å². The number of nitro benzene ring substituents is 1. The van der Waals surface area contributed by atoms with Crippen LogP contribution in [0.4, 0.5) is 11.4 Å². The van der Waals surface area contributed by atoms with Crippen LogP contribution in [-0.4, -0.2) is 25.9 Å². The highest BCUT2D eigenvalue weighted by Gasteiger charge is 2.35. The van der Waals surface area contributed by atoms with E-state index in [0.717, 1.165) is 10.8 Å². The monoisotopic (exact) mass is 496 g/mol. The highest BCUT2D eigenvalue weighted by Crippen LogP contribution is 2.30. The van der Waals surface area contributed by atoms with Gasteiger partial charge in [0.1, 0.15) is 6.17 Å². The average Bonchev–Trinajstić information content (AvgIpc) is 2.72. The first kappa shape index (κ1) is 23.0. The number of halogens is 3. The summed E-state index contributed by atoms with van der Waals surface area (Å²) in [7, 11) is 0. The van der Waals surface area contributed by atoms with Crippen molar-refractivity contribution in [3.63, 3.8) is 0 Å². The van der Waals surface area contributed by atoms with Gasteiger partial charge >= 0.3 is 0 Å². The molecule has 0 fully saturated rings. The summed E-state index contributed by atoms with van der Waals surface area (Å²) >= 11 is 23.3. The molecule has 160 valence electrons. The van der Waals surface area contributed by atoms with E-state index in [1.165, 1.54) is 18.2 Å². The predicted molar refractivity (Wildman–Crippen MR) is 128 cm³/mol. The molecule has 0 bridgehead atoms. The second-order valence-corrected chi connectivity index (χ2v) is 9.16. The van der Waals surface area contributed by atoms with E-state index < -0.39 is 20.8 Å². The molecule has 3 N–H and O–H groups in total. The van der Waals surface area contributed by atoms with Gasteiger partial charge in [-0.05, 0) is 35.1 Å². The molecule has 31 heavy (non-hydrogen) atoms. The first-order chi connectivity index (χ1) is 14.6. The fourth-order valence-corrected chi connectivity index (χ4v) is 3.39. The Bertz CT molecular complexity index is 1150. The minimum absolute atomic E-state index is 0.00459. The zero-order valence-electron chi connectivity index (χ0n) is 15.6. The number of nitrogens with one attached hydrogen (secondary N) is 3. The van der Waals surface area contributed by atoms with Crippen LogP contribution in [-0.2, 0) is 0 Å². The number of hydrogen-bond acceptors (Lipinski definition) is 4. The van der Waals surface area contributed by atoms with E-state index in [1.807, 2.05) is 30.3 Å². The zero-order valence-corrected chi connectivity index (χ0v) is 18.7. The molecule has 0 aromatic heterocycles. The molecule has 3 rings (SSSR count). The van der Waals surface area contributed by atoms with E-state index in [9.17, 15) is 14.9 Å². The van der Waals surface area contributed by atoms with Crippen LogP contribution in [0.3, 0.4) is 0 Å². The number of benzene rings is 3. The number of hydrogen-bond donors (Lipinski definition) is 3. The van der Waals surface area contributed by atoms with Crippen molar-refractivity contribution >= 4 is 80.2 Å². The first-order valence-corrected chi connectivity index (χ1v) is 10.4. The number of nitrogens with zero attached hydrogens (tertiary/aromatic N) is 1. The van der Waals surface area contributed by atoms with Crippen molar-refractivity contribution in [2.75, 3.05) is 5.32 Å². The van der Waals surface area contributed by atoms with Gasteiger partial charge in [-0.25, -0.2) is 0 Å². The largest absolute Gasteiger partial charge is 0.339 e. The van der Waals surface area contributed by atoms with Crippen molar-refractivity contribution in [3.8, 4) is 0 Å². The third-order valence-electron chi connectivity index (χ3n) is 4.23. The Balaban J connectivity index is 1.76. The number of alkyl halides is 3. The van der Waals surface area contributed by atoms with E-state index in [-0.39, 0.29) is 10.8 Å². The summed E-state index contributed by atoms with van der Waals surface area (Å²) < 4.78 is -1.95. The highest BCUT2D eigenvalue weighted by atomic mass is 35.6. The van der Waals surface area contributed by atoms with E-state index in [0.29, 0.717) is 11.3 Å². The Morgan fingerprint density at radius 1 is 1.00 bits per heavy atom. The van der Waals surface area contributed by atoms with E-state index >= 15 is 0 Å². The summed E-state index contributed by atoms with van der Waals surface area (Å²) in [6.07, 6.45) is -1.19. The molecule has 0 saturated heterocycles. The molecule has 0 aliphatic rings. The average molecular weight is 498 g/mol. The van der Waals surface area contributed by atoms with Crippen LogP contribution in [0.25, 0.3) is 10.8 Å². The number of thiocarbonyl (C=S) groups is 1. The van der Waals surface area contributed by atoms with Crippen molar-refractivity contribution in [1.82, 2.24) is 10.6 Å². The molecular weight excluding hydrogens is 483 g/mol. The number of anilines is 1. The Kier molecular flexibility index (Phi) is 7.17. The fraction of sp³-hybridized carbons (Fsp3) is 0.100. The first-order valence-electron chi connectivity index (χ1n) is 8.82. The molecule has 7 nitrogen and oxygen atoms in total. The lowest BCUT2D eigenvalue weighted by molar-refractivity contribution is -0.384. The molecule has 0 aliphatic heterocycles. The van der Waals surface area contributed by atoms with Gasteiger partial charge in [-0.15, -0.1) is 0 Å². The van der Waals surface area contributed by atoms with Crippen LogP contribution in [0.5, 0.6) is 0 Å². The summed E-state index contributed by atoms with van der Waals surface area (Å²) in [5.74, 6) is -0.473. The number of amides is 1. The summed E-state index contributed by atoms with van der Waals surface area (Å²) in [5.41, 5.74) is 0.641. The van der Waals surface area contributed by atoms with Gasteiger partial charge in [0.25, 0.3) is 11.6 Å². The number of carbonyl (C=O) groups is 1. The number of non-ortho nitro benzene ring substituents is 1. The van der Waals surface area contributed by atoms with Gasteiger partial charge in [0, 0.05) is 23.4 Å². The SMILES string of the molecule is O=C(N[C@@H](NC(=S)Nc1cccc([N+](=O)[O-])c1)C(Cl)(Cl)Cl)c1cccc2ccccc12. The smallest absolute Gasteiger partial charge is 0.271 e. The Hall–Kier alpha value is -2.65. The quantitative estimate of drug-likeness (QED) is 0.148. The standard InChI is InChI=1S/C20H15Cl3N4O3S/c21-20(22,23)18(26-19(31)24-13-7-4-8-14(11-13)27(29)30)25-17(28)16-10-3-6-12-5-1-2-9-15(12)16/h1-11,18H,(H,25,28)(H2,24,26,31)/t18-/m0/s1. The number of nitro groups is 1. The molecule has 0 aliphatic carbocycles. The van der Waals surface area contributed by atoms with E-state index in [2.05, 4.69) is 16.0 Å². The second-order valence-electron chi connectivity index (χ2n) is 6.38. The maximum atomic E-state index is 12.9. The van der Waals surface area contributed by atoms with Crippen LogP contribution in [0.2, 0.25) is 0 Å². The fourth-order valence-electron chi connectivity index (χ4n) is 2.83. The Morgan fingerprint density at radius 3 is 2.39 bits per heavy atom. The molecule has 0 heterocycles. The van der Waals surface area contributed by atoms with Crippen LogP contribution in [0.15, 0.2) is 66.7 Å². The van der Waals surface area contributed by atoms with Crippen LogP contribution in [0, 0.1) is 10.1 Å². The van der Waals surface area contributed by atoms with Crippen molar-refractivity contribution in [1.29, 1.82) is 0 Å². The lowest BCUT2D eigenvalue weighted by Gasteiger charge is -2.28. The van der Waals surface area contributed by atoms with E-state index in [4.69, 9.17) is 47.0 Å². The molecule has 11 heteroatoms. The van der Waals surface area contributed by atoms with Gasteiger partial charge in [0.2, 0.25) is 3.79 Å². The van der Waals surface area contributed by atoms with Gasteiger partial charge < -0.3 is 16.0 Å². The van der Waals surface area contributed by atoms with Crippen molar-refractivity contribution < 1.29 is 9.72 Å². The molecule has 0 spiro atoms. The van der Waals surface area contributed by atoms with Crippen LogP contribution >= 0.6 is 47.0 Å². The Morgan fingerprint density at radius 2 is 1.68 bits per heavy atom. The third kappa shape index (κ3) is 5.95. The summed E-state index contributed by atoms with van der Waals surface area (Å²) in [6, 6.07) is 18.4.